The van der Waals surface area contributed by atoms with Crippen LogP contribution in [0.2, 0.25) is 0 Å². The first-order valence-electron chi connectivity index (χ1n) is 6.58. The van der Waals surface area contributed by atoms with E-state index in [1.807, 2.05) is 0 Å². The van der Waals surface area contributed by atoms with Crippen LogP contribution in [-0.2, 0) is 14.8 Å². The van der Waals surface area contributed by atoms with Gasteiger partial charge >= 0.3 is 5.97 Å². The number of sulfonamides is 1. The Labute approximate surface area is 124 Å². The van der Waals surface area contributed by atoms with E-state index in [2.05, 4.69) is 10.0 Å². The highest BCUT2D eigenvalue weighted by Crippen LogP contribution is 2.20. The molecule has 0 unspecified atom stereocenters. The van der Waals surface area contributed by atoms with Gasteiger partial charge < -0.3 is 15.8 Å². The predicted octanol–water partition coefficient (Wildman–Crippen LogP) is 0.797. The summed E-state index contributed by atoms with van der Waals surface area (Å²) >= 11 is 0. The van der Waals surface area contributed by atoms with Crippen LogP contribution in [-0.4, -0.2) is 40.3 Å². The molecule has 1 aromatic rings. The number of carbonyl (C=O) groups is 1. The highest BCUT2D eigenvalue weighted by atomic mass is 32.2. The Morgan fingerprint density at radius 3 is 2.67 bits per heavy atom. The first kappa shape index (κ1) is 17.3. The van der Waals surface area contributed by atoms with Crippen LogP contribution in [0.1, 0.15) is 23.7 Å². The van der Waals surface area contributed by atoms with Crippen LogP contribution in [0.4, 0.5) is 11.4 Å². The molecule has 8 heteroatoms. The molecule has 1 rings (SSSR count). The summed E-state index contributed by atoms with van der Waals surface area (Å²) in [6.45, 7) is 2.86. The third kappa shape index (κ3) is 6.46. The molecule has 0 aliphatic rings. The summed E-state index contributed by atoms with van der Waals surface area (Å²) in [6.07, 6.45) is 1.69. The van der Waals surface area contributed by atoms with Gasteiger partial charge in [0.25, 0.3) is 0 Å². The van der Waals surface area contributed by atoms with E-state index in [1.165, 1.54) is 0 Å². The zero-order valence-electron chi connectivity index (χ0n) is 12.2. The number of nitrogen functional groups attached to an aromatic ring is 1. The van der Waals surface area contributed by atoms with Crippen molar-refractivity contribution in [2.45, 2.75) is 13.3 Å². The molecule has 0 atom stereocenters. The summed E-state index contributed by atoms with van der Waals surface area (Å²) < 4.78 is 29.2. The number of hydrogen-bond acceptors (Lipinski definition) is 6. The van der Waals surface area contributed by atoms with Gasteiger partial charge in [0.1, 0.15) is 0 Å². The van der Waals surface area contributed by atoms with Crippen molar-refractivity contribution in [3.05, 3.63) is 23.8 Å². The number of hydrogen-bond donors (Lipinski definition) is 3. The average Bonchev–Trinajstić information content (AvgIpc) is 2.38. The first-order valence-corrected chi connectivity index (χ1v) is 8.47. The van der Waals surface area contributed by atoms with Crippen LogP contribution < -0.4 is 15.8 Å². The molecule has 0 amide bonds. The van der Waals surface area contributed by atoms with Crippen molar-refractivity contribution in [3.63, 3.8) is 0 Å². The molecule has 0 spiro atoms. The van der Waals surface area contributed by atoms with E-state index >= 15 is 0 Å². The lowest BCUT2D eigenvalue weighted by atomic mass is 10.1. The number of ether oxygens (including phenoxy) is 1. The van der Waals surface area contributed by atoms with Crippen molar-refractivity contribution < 1.29 is 17.9 Å². The smallest absolute Gasteiger partial charge is 0.340 e. The number of rotatable bonds is 8. The molecule has 0 aromatic heterocycles. The molecule has 118 valence electrons. The molecule has 0 heterocycles. The molecule has 0 saturated heterocycles. The van der Waals surface area contributed by atoms with Gasteiger partial charge in [-0.1, -0.05) is 0 Å². The fourth-order valence-electron chi connectivity index (χ4n) is 1.66. The van der Waals surface area contributed by atoms with Crippen molar-refractivity contribution in [3.8, 4) is 0 Å². The summed E-state index contributed by atoms with van der Waals surface area (Å²) in [5.41, 5.74) is 7.13. The zero-order chi connectivity index (χ0) is 15.9. The van der Waals surface area contributed by atoms with Gasteiger partial charge in [0.05, 0.1) is 18.4 Å². The molecular weight excluding hydrogens is 294 g/mol. The van der Waals surface area contributed by atoms with Crippen molar-refractivity contribution in [2.24, 2.45) is 0 Å². The Hall–Kier alpha value is -1.80. The Balaban J connectivity index is 2.60. The van der Waals surface area contributed by atoms with Crippen LogP contribution in [0, 0.1) is 0 Å². The largest absolute Gasteiger partial charge is 0.462 e. The van der Waals surface area contributed by atoms with E-state index in [1.54, 1.807) is 25.1 Å². The number of benzene rings is 1. The van der Waals surface area contributed by atoms with Gasteiger partial charge in [0.2, 0.25) is 10.0 Å². The van der Waals surface area contributed by atoms with Crippen LogP contribution >= 0.6 is 0 Å². The summed E-state index contributed by atoms with van der Waals surface area (Å²) in [4.78, 5) is 11.8. The molecule has 7 nitrogen and oxygen atoms in total. The molecule has 21 heavy (non-hydrogen) atoms. The maximum absolute atomic E-state index is 11.8. The van der Waals surface area contributed by atoms with E-state index in [0.29, 0.717) is 36.4 Å². The summed E-state index contributed by atoms with van der Waals surface area (Å²) in [7, 11) is -3.17. The lowest BCUT2D eigenvalue weighted by Crippen LogP contribution is -2.24. The third-order valence-corrected chi connectivity index (χ3v) is 3.30. The summed E-state index contributed by atoms with van der Waals surface area (Å²) in [6, 6.07) is 4.93. The topological polar surface area (TPSA) is 111 Å². The Kier molecular flexibility index (Phi) is 6.44. The van der Waals surface area contributed by atoms with E-state index in [4.69, 9.17) is 10.5 Å². The lowest BCUT2D eigenvalue weighted by Gasteiger charge is -2.12. The number of anilines is 2. The Morgan fingerprint density at radius 2 is 2.05 bits per heavy atom. The minimum Gasteiger partial charge on any atom is -0.462 e. The van der Waals surface area contributed by atoms with Crippen LogP contribution in [0.3, 0.4) is 0 Å². The van der Waals surface area contributed by atoms with E-state index < -0.39 is 16.0 Å². The number of esters is 1. The molecule has 4 N–H and O–H groups in total. The SMILES string of the molecule is CCOC(=O)c1cc(N)ccc1NCCCNS(C)(=O)=O. The first-order chi connectivity index (χ1) is 9.83. The maximum Gasteiger partial charge on any atom is 0.340 e. The highest BCUT2D eigenvalue weighted by Gasteiger charge is 2.12. The van der Waals surface area contributed by atoms with Crippen molar-refractivity contribution >= 4 is 27.4 Å². The second-order valence-electron chi connectivity index (χ2n) is 4.47. The fourth-order valence-corrected chi connectivity index (χ4v) is 2.18. The van der Waals surface area contributed by atoms with Crippen molar-refractivity contribution in [2.75, 3.05) is 37.0 Å². The minimum atomic E-state index is -3.17. The average molecular weight is 315 g/mol. The van der Waals surface area contributed by atoms with Gasteiger partial charge in [0.15, 0.2) is 0 Å². The number of nitrogens with one attached hydrogen (secondary N) is 2. The molecule has 0 radical (unpaired) electrons. The molecule has 0 fully saturated rings. The molecule has 0 aliphatic heterocycles. The van der Waals surface area contributed by atoms with E-state index in [9.17, 15) is 13.2 Å². The van der Waals surface area contributed by atoms with Gasteiger partial charge in [-0.2, -0.15) is 0 Å². The second-order valence-corrected chi connectivity index (χ2v) is 6.31. The van der Waals surface area contributed by atoms with Crippen molar-refractivity contribution in [1.29, 1.82) is 0 Å². The standard InChI is InChI=1S/C13H21N3O4S/c1-3-20-13(17)11-9-10(14)5-6-12(11)15-7-4-8-16-21(2,18)19/h5-6,9,15-16H,3-4,7-8,14H2,1-2H3. The predicted molar refractivity (Wildman–Crippen MR) is 82.8 cm³/mol. The van der Waals surface area contributed by atoms with E-state index in [-0.39, 0.29) is 6.61 Å². The summed E-state index contributed by atoms with van der Waals surface area (Å²) in [5.74, 6) is -0.443. The normalized spacial score (nSPS) is 11.1. The zero-order valence-corrected chi connectivity index (χ0v) is 13.0. The third-order valence-electron chi connectivity index (χ3n) is 2.57. The van der Waals surface area contributed by atoms with Gasteiger partial charge in [-0.15, -0.1) is 0 Å². The second kappa shape index (κ2) is 7.84. The molecule has 1 aromatic carbocycles. The fraction of sp³-hybridized carbons (Fsp3) is 0.462. The molecule has 0 bridgehead atoms. The monoisotopic (exact) mass is 315 g/mol. The van der Waals surface area contributed by atoms with Crippen LogP contribution in [0.15, 0.2) is 18.2 Å². The minimum absolute atomic E-state index is 0.283. The van der Waals surface area contributed by atoms with E-state index in [0.717, 1.165) is 6.26 Å². The highest BCUT2D eigenvalue weighted by molar-refractivity contribution is 7.88. The Morgan fingerprint density at radius 1 is 1.33 bits per heavy atom. The summed E-state index contributed by atoms with van der Waals surface area (Å²) in [5, 5.41) is 3.07. The quantitative estimate of drug-likeness (QED) is 0.372. The molecular formula is C13H21N3O4S. The maximum atomic E-state index is 11.8. The van der Waals surface area contributed by atoms with Gasteiger partial charge in [-0.3, -0.25) is 0 Å². The Bertz CT molecular complexity index is 587. The number of carbonyl (C=O) groups excluding carboxylic acids is 1. The van der Waals surface area contributed by atoms with Crippen molar-refractivity contribution in [1.82, 2.24) is 4.72 Å². The van der Waals surface area contributed by atoms with Gasteiger partial charge in [-0.05, 0) is 31.5 Å². The van der Waals surface area contributed by atoms with Crippen LogP contribution in [0.5, 0.6) is 0 Å². The van der Waals surface area contributed by atoms with Gasteiger partial charge in [0, 0.05) is 24.5 Å². The van der Waals surface area contributed by atoms with Crippen LogP contribution in [0.25, 0.3) is 0 Å². The lowest BCUT2D eigenvalue weighted by molar-refractivity contribution is 0.0527. The number of nitrogens with two attached hydrogens (primary N) is 1. The van der Waals surface area contributed by atoms with Gasteiger partial charge in [-0.25, -0.2) is 17.9 Å². The molecule has 0 saturated carbocycles. The molecule has 0 aliphatic carbocycles.